The summed E-state index contributed by atoms with van der Waals surface area (Å²) >= 11 is 0. The van der Waals surface area contributed by atoms with Gasteiger partial charge in [-0.1, -0.05) is 12.0 Å². The number of rotatable bonds is 9. The highest BCUT2D eigenvalue weighted by molar-refractivity contribution is 6.04. The number of fused-ring (bicyclic) bond motifs is 4. The number of halogens is 2. The molecule has 262 valence electrons. The molecule has 12 heteroatoms. The number of hydrogen-bond donors (Lipinski definition) is 2. The van der Waals surface area contributed by atoms with Gasteiger partial charge in [-0.25, -0.2) is 13.8 Å². The van der Waals surface area contributed by atoms with Crippen molar-refractivity contribution in [2.75, 3.05) is 64.4 Å². The molecule has 8 rings (SSSR count). The fourth-order valence-corrected chi connectivity index (χ4v) is 7.83. The van der Waals surface area contributed by atoms with E-state index in [1.807, 2.05) is 13.8 Å². The number of aromatic nitrogens is 3. The zero-order valence-electron chi connectivity index (χ0n) is 28.8. The van der Waals surface area contributed by atoms with Crippen molar-refractivity contribution in [1.82, 2.24) is 30.1 Å². The van der Waals surface area contributed by atoms with Crippen LogP contribution in [0.3, 0.4) is 0 Å². The molecule has 2 aromatic heterocycles. The Balaban J connectivity index is 1.27. The lowest BCUT2D eigenvalue weighted by Gasteiger charge is -2.35. The largest absolute Gasteiger partial charge is 0.508 e. The maximum Gasteiger partial charge on any atom is 0.319 e. The molecule has 2 N–H and O–H groups in total. The van der Waals surface area contributed by atoms with Gasteiger partial charge in [-0.15, -0.1) is 6.42 Å². The molecular formula is C38H43F2N7O3. The molecule has 0 spiro atoms. The average Bonchev–Trinajstić information content (AvgIpc) is 3.78. The third-order valence-corrected chi connectivity index (χ3v) is 10.6. The van der Waals surface area contributed by atoms with Crippen LogP contribution in [-0.4, -0.2) is 108 Å². The van der Waals surface area contributed by atoms with Crippen LogP contribution in [0, 0.1) is 29.4 Å². The van der Waals surface area contributed by atoms with Gasteiger partial charge < -0.3 is 34.6 Å². The highest BCUT2D eigenvalue weighted by Crippen LogP contribution is 2.47. The maximum absolute atomic E-state index is 17.3. The van der Waals surface area contributed by atoms with E-state index in [1.165, 1.54) is 24.3 Å². The summed E-state index contributed by atoms with van der Waals surface area (Å²) in [6, 6.07) is 6.20. The molecule has 1 aliphatic carbocycles. The molecule has 1 saturated carbocycles. The van der Waals surface area contributed by atoms with Crippen LogP contribution in [0.1, 0.15) is 45.1 Å². The summed E-state index contributed by atoms with van der Waals surface area (Å²) < 4.78 is 45.0. The van der Waals surface area contributed by atoms with Crippen molar-refractivity contribution in [1.29, 1.82) is 0 Å². The van der Waals surface area contributed by atoms with Gasteiger partial charge in [0, 0.05) is 74.3 Å². The predicted octanol–water partition coefficient (Wildman–Crippen LogP) is 4.94. The highest BCUT2D eigenvalue weighted by Gasteiger charge is 2.45. The van der Waals surface area contributed by atoms with E-state index in [0.29, 0.717) is 36.3 Å². The Morgan fingerprint density at radius 1 is 1.04 bits per heavy atom. The first-order chi connectivity index (χ1) is 24.1. The van der Waals surface area contributed by atoms with E-state index in [1.54, 1.807) is 0 Å². The van der Waals surface area contributed by atoms with Crippen LogP contribution in [0.2, 0.25) is 0 Å². The van der Waals surface area contributed by atoms with E-state index in [-0.39, 0.29) is 69.0 Å². The van der Waals surface area contributed by atoms with Crippen molar-refractivity contribution < 1.29 is 23.4 Å². The van der Waals surface area contributed by atoms with Crippen LogP contribution < -0.4 is 19.7 Å². The van der Waals surface area contributed by atoms with Crippen molar-refractivity contribution in [2.24, 2.45) is 5.41 Å². The Morgan fingerprint density at radius 2 is 1.78 bits per heavy atom. The normalized spacial score (nSPS) is 22.0. The summed E-state index contributed by atoms with van der Waals surface area (Å²) in [5.41, 5.74) is -0.0974. The van der Waals surface area contributed by atoms with E-state index in [4.69, 9.17) is 30.8 Å². The highest BCUT2D eigenvalue weighted by atomic mass is 19.1. The molecule has 2 atom stereocenters. The minimum Gasteiger partial charge on any atom is -0.508 e. The fourth-order valence-electron chi connectivity index (χ4n) is 7.83. The standard InChI is InChI=1S/C38H43F2N7O3/c1-5-27-29(39)9-6-23-16-26(48)17-28(30(23)27)33-32(40)34-31(36(42-33)50-22(2)3)35(47-18-24-7-8-25(19-47)41-24)44-37(43-34)49-21-38(10-11-38)20-46-14-12-45(4)13-15-46/h1,6,9,16-17,22,24-25,41,48H,7-8,10-15,18-21H2,2-4H3. The number of anilines is 1. The Labute approximate surface area is 290 Å². The van der Waals surface area contributed by atoms with Crippen molar-refractivity contribution in [2.45, 2.75) is 57.7 Å². The number of aromatic hydroxyl groups is 1. The number of nitrogens with zero attached hydrogens (tertiary/aromatic N) is 6. The first-order valence-corrected chi connectivity index (χ1v) is 17.6. The third kappa shape index (κ3) is 6.16. The lowest BCUT2D eigenvalue weighted by Crippen LogP contribution is -2.51. The van der Waals surface area contributed by atoms with Crippen molar-refractivity contribution in [3.8, 4) is 41.2 Å². The Bertz CT molecular complexity index is 1990. The average molecular weight is 684 g/mol. The zero-order valence-corrected chi connectivity index (χ0v) is 28.8. The molecule has 2 bridgehead atoms. The summed E-state index contributed by atoms with van der Waals surface area (Å²) in [5.74, 6) is 1.52. The van der Waals surface area contributed by atoms with Gasteiger partial charge in [0.15, 0.2) is 5.82 Å². The SMILES string of the molecule is C#Cc1c(F)ccc2cc(O)cc(-c3nc(OC(C)C)c4c(N5CC6CCC(C5)N6)nc(OCC5(CN6CCN(C)CC6)CC5)nc4c3F)c12. The van der Waals surface area contributed by atoms with Crippen LogP contribution in [0.25, 0.3) is 32.9 Å². The second-order valence-electron chi connectivity index (χ2n) is 14.9. The third-order valence-electron chi connectivity index (χ3n) is 10.6. The van der Waals surface area contributed by atoms with E-state index < -0.39 is 11.6 Å². The lowest BCUT2D eigenvalue weighted by molar-refractivity contribution is 0.107. The molecule has 2 unspecified atom stereocenters. The minimum atomic E-state index is -0.764. The van der Waals surface area contributed by atoms with Gasteiger partial charge in [0.2, 0.25) is 5.88 Å². The molecule has 4 aliphatic rings. The van der Waals surface area contributed by atoms with E-state index >= 15 is 8.78 Å². The molecule has 5 heterocycles. The molecule has 0 amide bonds. The van der Waals surface area contributed by atoms with Gasteiger partial charge in [-0.05, 0) is 70.2 Å². The number of ether oxygens (including phenoxy) is 2. The van der Waals surface area contributed by atoms with Crippen LogP contribution >= 0.6 is 0 Å². The number of phenols is 1. The van der Waals surface area contributed by atoms with E-state index in [9.17, 15) is 5.11 Å². The number of hydrogen-bond acceptors (Lipinski definition) is 10. The first-order valence-electron chi connectivity index (χ1n) is 17.6. The molecule has 3 aliphatic heterocycles. The number of pyridine rings is 1. The van der Waals surface area contributed by atoms with Crippen LogP contribution in [0.15, 0.2) is 24.3 Å². The van der Waals surface area contributed by atoms with Crippen LogP contribution in [0.5, 0.6) is 17.6 Å². The molecule has 0 radical (unpaired) electrons. The summed E-state index contributed by atoms with van der Waals surface area (Å²) in [6.07, 6.45) is 9.64. The van der Waals surface area contributed by atoms with Crippen molar-refractivity contribution in [3.05, 3.63) is 41.5 Å². The van der Waals surface area contributed by atoms with E-state index in [2.05, 4.69) is 33.0 Å². The maximum atomic E-state index is 17.3. The van der Waals surface area contributed by atoms with Gasteiger partial charge in [0.1, 0.15) is 34.0 Å². The first kappa shape index (κ1) is 32.9. The van der Waals surface area contributed by atoms with Gasteiger partial charge in [0.05, 0.1) is 18.3 Å². The smallest absolute Gasteiger partial charge is 0.319 e. The zero-order chi connectivity index (χ0) is 34.7. The molecular weight excluding hydrogens is 640 g/mol. The monoisotopic (exact) mass is 683 g/mol. The van der Waals surface area contributed by atoms with Crippen LogP contribution in [0.4, 0.5) is 14.6 Å². The number of likely N-dealkylation sites (N-methyl/N-ethyl adjacent to an activating group) is 1. The second-order valence-corrected chi connectivity index (χ2v) is 14.9. The quantitative estimate of drug-likeness (QED) is 0.236. The molecule has 50 heavy (non-hydrogen) atoms. The van der Waals surface area contributed by atoms with Gasteiger partial charge in [-0.2, -0.15) is 9.97 Å². The Hall–Kier alpha value is -4.31. The molecule has 4 aromatic rings. The van der Waals surface area contributed by atoms with Crippen LogP contribution in [-0.2, 0) is 0 Å². The summed E-state index contributed by atoms with van der Waals surface area (Å²) in [6.45, 7) is 10.6. The fraction of sp³-hybridized carbons (Fsp3) is 0.500. The summed E-state index contributed by atoms with van der Waals surface area (Å²) in [7, 11) is 2.15. The second kappa shape index (κ2) is 12.8. The van der Waals surface area contributed by atoms with Gasteiger partial charge in [-0.3, -0.25) is 0 Å². The molecule has 4 fully saturated rings. The van der Waals surface area contributed by atoms with Gasteiger partial charge >= 0.3 is 6.01 Å². The Morgan fingerprint density at radius 3 is 2.46 bits per heavy atom. The number of piperazine rings is 2. The van der Waals surface area contributed by atoms with Crippen molar-refractivity contribution in [3.63, 3.8) is 0 Å². The number of terminal acetylenes is 1. The summed E-state index contributed by atoms with van der Waals surface area (Å²) in [4.78, 5) is 21.4. The lowest BCUT2D eigenvalue weighted by atomic mass is 9.95. The van der Waals surface area contributed by atoms with E-state index in [0.717, 1.165) is 58.4 Å². The molecule has 10 nitrogen and oxygen atoms in total. The van der Waals surface area contributed by atoms with Gasteiger partial charge in [0.25, 0.3) is 0 Å². The molecule has 3 saturated heterocycles. The topological polar surface area (TPSA) is 99.1 Å². The number of phenolic OH excluding ortho intramolecular Hbond substituents is 1. The Kier molecular flexibility index (Phi) is 8.40. The minimum absolute atomic E-state index is 0.00653. The number of nitrogens with one attached hydrogen (secondary N) is 1. The van der Waals surface area contributed by atoms with Crippen molar-refractivity contribution >= 4 is 27.5 Å². The predicted molar refractivity (Wildman–Crippen MR) is 189 cm³/mol. The summed E-state index contributed by atoms with van der Waals surface area (Å²) in [5, 5.41) is 15.4. The number of benzene rings is 2. The molecule has 2 aromatic carbocycles.